The molecule has 0 saturated heterocycles. The van der Waals surface area contributed by atoms with Gasteiger partial charge in [-0.15, -0.1) is 0 Å². The van der Waals surface area contributed by atoms with Gasteiger partial charge < -0.3 is 4.42 Å². The van der Waals surface area contributed by atoms with Crippen LogP contribution in [0, 0.1) is 5.92 Å². The van der Waals surface area contributed by atoms with E-state index in [0.29, 0.717) is 5.56 Å². The quantitative estimate of drug-likeness (QED) is 0.621. The highest BCUT2D eigenvalue weighted by atomic mass is 32.2. The predicted molar refractivity (Wildman–Crippen MR) is 100 cm³/mol. The normalized spacial score (nSPS) is 12.9. The molecule has 9 heteroatoms. The van der Waals surface area contributed by atoms with Crippen LogP contribution in [0.2, 0.25) is 0 Å². The minimum Gasteiger partial charge on any atom is -0.459 e. The lowest BCUT2D eigenvalue weighted by Gasteiger charge is -2.20. The maximum atomic E-state index is 12.3. The summed E-state index contributed by atoms with van der Waals surface area (Å²) in [5.41, 5.74) is 5.09. The Morgan fingerprint density at radius 1 is 1.04 bits per heavy atom. The van der Waals surface area contributed by atoms with Crippen molar-refractivity contribution in [2.24, 2.45) is 5.92 Å². The summed E-state index contributed by atoms with van der Waals surface area (Å²) in [6.07, 6.45) is 2.75. The SMILES string of the molecule is CC(C)C(NS(=O)(=O)C=Cc1ccccc1)C(=O)NNC(=O)c1ccco1. The van der Waals surface area contributed by atoms with Gasteiger partial charge in [-0.25, -0.2) is 8.42 Å². The van der Waals surface area contributed by atoms with Gasteiger partial charge in [0.15, 0.2) is 5.76 Å². The molecule has 0 fully saturated rings. The van der Waals surface area contributed by atoms with Crippen molar-refractivity contribution < 1.29 is 22.4 Å². The second-order valence-electron chi connectivity index (χ2n) is 6.02. The Morgan fingerprint density at radius 2 is 1.74 bits per heavy atom. The zero-order chi connectivity index (χ0) is 19.9. The minimum atomic E-state index is -3.87. The predicted octanol–water partition coefficient (Wildman–Crippen LogP) is 1.66. The van der Waals surface area contributed by atoms with Crippen LogP contribution in [0.3, 0.4) is 0 Å². The topological polar surface area (TPSA) is 118 Å². The van der Waals surface area contributed by atoms with E-state index in [9.17, 15) is 18.0 Å². The van der Waals surface area contributed by atoms with Gasteiger partial charge in [0.05, 0.1) is 6.26 Å². The van der Waals surface area contributed by atoms with Crippen molar-refractivity contribution in [2.45, 2.75) is 19.9 Å². The molecule has 0 aliphatic carbocycles. The van der Waals surface area contributed by atoms with Crippen molar-refractivity contribution in [1.29, 1.82) is 0 Å². The number of hydrogen-bond acceptors (Lipinski definition) is 5. The minimum absolute atomic E-state index is 0.0165. The molecule has 2 rings (SSSR count). The van der Waals surface area contributed by atoms with E-state index in [4.69, 9.17) is 4.42 Å². The van der Waals surface area contributed by atoms with Crippen LogP contribution >= 0.6 is 0 Å². The number of hydrazine groups is 1. The van der Waals surface area contributed by atoms with E-state index >= 15 is 0 Å². The Balaban J connectivity index is 2.00. The lowest BCUT2D eigenvalue weighted by Crippen LogP contribution is -2.53. The lowest BCUT2D eigenvalue weighted by molar-refractivity contribution is -0.124. The molecule has 0 saturated carbocycles. The molecule has 2 aromatic rings. The van der Waals surface area contributed by atoms with Crippen LogP contribution in [0.4, 0.5) is 0 Å². The van der Waals surface area contributed by atoms with Crippen molar-refractivity contribution in [3.05, 3.63) is 65.5 Å². The Hall–Kier alpha value is -2.91. The summed E-state index contributed by atoms with van der Waals surface area (Å²) < 4.78 is 31.8. The molecule has 0 radical (unpaired) electrons. The second kappa shape index (κ2) is 9.15. The van der Waals surface area contributed by atoms with Crippen molar-refractivity contribution in [2.75, 3.05) is 0 Å². The molecule has 27 heavy (non-hydrogen) atoms. The van der Waals surface area contributed by atoms with Crippen molar-refractivity contribution in [1.82, 2.24) is 15.6 Å². The van der Waals surface area contributed by atoms with E-state index in [-0.39, 0.29) is 11.7 Å². The highest BCUT2D eigenvalue weighted by Gasteiger charge is 2.26. The lowest BCUT2D eigenvalue weighted by atomic mass is 10.1. The molecule has 1 atom stereocenters. The first-order valence-corrected chi connectivity index (χ1v) is 9.72. The highest BCUT2D eigenvalue weighted by Crippen LogP contribution is 2.07. The number of benzene rings is 1. The van der Waals surface area contributed by atoms with Gasteiger partial charge >= 0.3 is 5.91 Å². The average Bonchev–Trinajstić information content (AvgIpc) is 3.18. The van der Waals surface area contributed by atoms with Crippen molar-refractivity contribution in [3.8, 4) is 0 Å². The number of furan rings is 1. The molecule has 2 amide bonds. The first kappa shape index (κ1) is 20.4. The number of rotatable bonds is 7. The first-order chi connectivity index (χ1) is 12.8. The summed E-state index contributed by atoms with van der Waals surface area (Å²) in [7, 11) is -3.87. The number of carbonyl (C=O) groups excluding carboxylic acids is 2. The Kier molecular flexibility index (Phi) is 6.91. The fraction of sp³-hybridized carbons (Fsp3) is 0.222. The summed E-state index contributed by atoms with van der Waals surface area (Å²) in [6, 6.07) is 10.8. The van der Waals surface area contributed by atoms with Gasteiger partial charge in [-0.2, -0.15) is 4.72 Å². The standard InChI is InChI=1S/C18H21N3O5S/c1-13(2)16(18(23)20-19-17(22)15-9-6-11-26-15)21-27(24,25)12-10-14-7-4-3-5-8-14/h3-13,16,21H,1-2H3,(H,19,22)(H,20,23). The van der Waals surface area contributed by atoms with E-state index in [1.54, 1.807) is 38.1 Å². The van der Waals surface area contributed by atoms with Crippen LogP contribution in [-0.4, -0.2) is 26.3 Å². The smallest absolute Gasteiger partial charge is 0.305 e. The zero-order valence-electron chi connectivity index (χ0n) is 14.9. The maximum absolute atomic E-state index is 12.3. The zero-order valence-corrected chi connectivity index (χ0v) is 15.7. The maximum Gasteiger partial charge on any atom is 0.305 e. The molecular formula is C18H21N3O5S. The van der Waals surface area contributed by atoms with Gasteiger partial charge in [-0.05, 0) is 29.7 Å². The fourth-order valence-corrected chi connectivity index (χ4v) is 3.25. The fourth-order valence-electron chi connectivity index (χ4n) is 2.11. The summed E-state index contributed by atoms with van der Waals surface area (Å²) in [5.74, 6) is -1.68. The summed E-state index contributed by atoms with van der Waals surface area (Å²) in [6.45, 7) is 3.37. The van der Waals surface area contributed by atoms with Crippen LogP contribution in [0.15, 0.2) is 58.6 Å². The Bertz CT molecular complexity index is 890. The van der Waals surface area contributed by atoms with Gasteiger partial charge in [-0.1, -0.05) is 44.2 Å². The Labute approximate surface area is 157 Å². The monoisotopic (exact) mass is 391 g/mol. The van der Waals surface area contributed by atoms with Crippen LogP contribution in [-0.2, 0) is 14.8 Å². The van der Waals surface area contributed by atoms with Crippen molar-refractivity contribution in [3.63, 3.8) is 0 Å². The molecular weight excluding hydrogens is 370 g/mol. The molecule has 1 aromatic heterocycles. The Morgan fingerprint density at radius 3 is 2.33 bits per heavy atom. The molecule has 0 aliphatic heterocycles. The number of hydrogen-bond donors (Lipinski definition) is 3. The number of amides is 2. The highest BCUT2D eigenvalue weighted by molar-refractivity contribution is 7.92. The van der Waals surface area contributed by atoms with Crippen LogP contribution in [0.1, 0.15) is 30.0 Å². The van der Waals surface area contributed by atoms with Gasteiger partial charge in [0.1, 0.15) is 6.04 Å². The largest absolute Gasteiger partial charge is 0.459 e. The number of sulfonamides is 1. The molecule has 0 bridgehead atoms. The van der Waals surface area contributed by atoms with E-state index in [1.807, 2.05) is 6.07 Å². The molecule has 1 unspecified atom stereocenters. The number of nitrogens with one attached hydrogen (secondary N) is 3. The third kappa shape index (κ3) is 6.39. The van der Waals surface area contributed by atoms with Gasteiger partial charge in [0.25, 0.3) is 5.91 Å². The van der Waals surface area contributed by atoms with E-state index in [1.165, 1.54) is 24.5 Å². The van der Waals surface area contributed by atoms with E-state index in [2.05, 4.69) is 15.6 Å². The van der Waals surface area contributed by atoms with Crippen LogP contribution in [0.5, 0.6) is 0 Å². The summed E-state index contributed by atoms with van der Waals surface area (Å²) in [4.78, 5) is 24.1. The molecule has 1 heterocycles. The molecule has 144 valence electrons. The van der Waals surface area contributed by atoms with Gasteiger partial charge in [-0.3, -0.25) is 20.4 Å². The second-order valence-corrected chi connectivity index (χ2v) is 7.62. The van der Waals surface area contributed by atoms with E-state index < -0.39 is 27.9 Å². The molecule has 3 N–H and O–H groups in total. The molecule has 0 spiro atoms. The van der Waals surface area contributed by atoms with Crippen LogP contribution < -0.4 is 15.6 Å². The van der Waals surface area contributed by atoms with Crippen LogP contribution in [0.25, 0.3) is 6.08 Å². The third-order valence-corrected chi connectivity index (χ3v) is 4.60. The van der Waals surface area contributed by atoms with Crippen molar-refractivity contribution >= 4 is 27.9 Å². The third-order valence-electron chi connectivity index (χ3n) is 3.52. The first-order valence-electron chi connectivity index (χ1n) is 8.17. The van der Waals surface area contributed by atoms with Gasteiger partial charge in [0.2, 0.25) is 10.0 Å². The van der Waals surface area contributed by atoms with Gasteiger partial charge in [0, 0.05) is 5.41 Å². The average molecular weight is 391 g/mol. The van der Waals surface area contributed by atoms with E-state index in [0.717, 1.165) is 5.41 Å². The summed E-state index contributed by atoms with van der Waals surface area (Å²) in [5, 5.41) is 0.992. The molecule has 8 nitrogen and oxygen atoms in total. The number of carbonyl (C=O) groups is 2. The molecule has 0 aliphatic rings. The summed E-state index contributed by atoms with van der Waals surface area (Å²) >= 11 is 0. The molecule has 1 aromatic carbocycles.